The van der Waals surface area contributed by atoms with Gasteiger partial charge in [-0.05, 0) is 42.9 Å². The Kier molecular flexibility index (Phi) is 6.22. The maximum Gasteiger partial charge on any atom is 0.0810 e. The summed E-state index contributed by atoms with van der Waals surface area (Å²) in [5, 5.41) is 13.1. The molecule has 0 aromatic rings. The maximum absolute atomic E-state index is 13.1. The molecule has 1 aliphatic carbocycles. The molecule has 23 heavy (non-hydrogen) atoms. The van der Waals surface area contributed by atoms with E-state index in [0.29, 0.717) is 23.2 Å². The predicted octanol–water partition coefficient (Wildman–Crippen LogP) is 5.86. The van der Waals surface area contributed by atoms with Gasteiger partial charge in [-0.15, -0.1) is 0 Å². The Bertz CT molecular complexity index is 355. The fourth-order valence-electron chi connectivity index (χ4n) is 5.67. The van der Waals surface area contributed by atoms with Gasteiger partial charge in [0.05, 0.1) is 19.6 Å². The Balaban J connectivity index is 1.78. The van der Waals surface area contributed by atoms with Gasteiger partial charge in [-0.2, -0.15) is 0 Å². The van der Waals surface area contributed by atoms with E-state index in [1.165, 1.54) is 38.5 Å². The van der Waals surface area contributed by atoms with Gasteiger partial charge in [-0.3, -0.25) is 0 Å². The SMILES string of the molecule is CC1CC(C)C[N+]([O-])(CC(C)CC2CCC(C(C)(C)C)CC2)C1. The number of quaternary nitrogens is 1. The zero-order chi connectivity index (χ0) is 17.3. The van der Waals surface area contributed by atoms with Crippen molar-refractivity contribution in [3.63, 3.8) is 0 Å². The largest absolute Gasteiger partial charge is 0.633 e. The Labute approximate surface area is 145 Å². The minimum Gasteiger partial charge on any atom is -0.633 e. The lowest BCUT2D eigenvalue weighted by Gasteiger charge is -2.51. The summed E-state index contributed by atoms with van der Waals surface area (Å²) in [4.78, 5) is 0. The molecule has 2 heteroatoms. The van der Waals surface area contributed by atoms with E-state index in [0.717, 1.165) is 31.5 Å². The van der Waals surface area contributed by atoms with Crippen LogP contribution in [0.5, 0.6) is 0 Å². The average Bonchev–Trinajstić information content (AvgIpc) is 2.35. The Morgan fingerprint density at radius 3 is 2.00 bits per heavy atom. The van der Waals surface area contributed by atoms with Crippen LogP contribution in [-0.4, -0.2) is 24.3 Å². The molecule has 2 fully saturated rings. The van der Waals surface area contributed by atoms with Crippen molar-refractivity contribution in [3.8, 4) is 0 Å². The summed E-state index contributed by atoms with van der Waals surface area (Å²) in [6.45, 7) is 16.6. The lowest BCUT2D eigenvalue weighted by atomic mass is 9.68. The molecule has 1 heterocycles. The first kappa shape index (κ1) is 19.2. The van der Waals surface area contributed by atoms with Crippen LogP contribution in [0.4, 0.5) is 0 Å². The molecule has 0 aromatic heterocycles. The standard InChI is InChI=1S/C21H41NO/c1-16-11-17(2)14-22(23,13-16)15-18(3)12-19-7-9-20(10-8-19)21(4,5)6/h16-20H,7-15H2,1-6H3. The fourth-order valence-corrected chi connectivity index (χ4v) is 5.67. The van der Waals surface area contributed by atoms with Crippen molar-refractivity contribution in [1.29, 1.82) is 0 Å². The summed E-state index contributed by atoms with van der Waals surface area (Å²) in [5.74, 6) is 3.56. The van der Waals surface area contributed by atoms with Gasteiger partial charge in [0.15, 0.2) is 0 Å². The van der Waals surface area contributed by atoms with Crippen molar-refractivity contribution < 1.29 is 4.65 Å². The first-order chi connectivity index (χ1) is 10.6. The van der Waals surface area contributed by atoms with Crippen LogP contribution in [-0.2, 0) is 0 Å². The van der Waals surface area contributed by atoms with Crippen molar-refractivity contribution in [1.82, 2.24) is 0 Å². The van der Waals surface area contributed by atoms with Crippen LogP contribution in [0.1, 0.15) is 80.1 Å². The van der Waals surface area contributed by atoms with E-state index in [-0.39, 0.29) is 4.65 Å². The van der Waals surface area contributed by atoms with Gasteiger partial charge in [0.25, 0.3) is 0 Å². The zero-order valence-corrected chi connectivity index (χ0v) is 16.6. The highest BCUT2D eigenvalue weighted by molar-refractivity contribution is 4.81. The highest BCUT2D eigenvalue weighted by Crippen LogP contribution is 2.41. The van der Waals surface area contributed by atoms with Crippen LogP contribution in [0.25, 0.3) is 0 Å². The van der Waals surface area contributed by atoms with Gasteiger partial charge < -0.3 is 9.85 Å². The molecule has 2 nitrogen and oxygen atoms in total. The Hall–Kier alpha value is -0.0800. The van der Waals surface area contributed by atoms with E-state index in [1.54, 1.807) is 0 Å². The second kappa shape index (κ2) is 7.44. The number of nitrogens with zero attached hydrogens (tertiary/aromatic N) is 1. The number of piperidine rings is 1. The Morgan fingerprint density at radius 1 is 1.00 bits per heavy atom. The fraction of sp³-hybridized carbons (Fsp3) is 1.00. The van der Waals surface area contributed by atoms with Crippen LogP contribution in [0.15, 0.2) is 0 Å². The van der Waals surface area contributed by atoms with Gasteiger partial charge in [-0.1, -0.05) is 54.4 Å². The molecule has 0 bridgehead atoms. The van der Waals surface area contributed by atoms with Crippen LogP contribution in [0.3, 0.4) is 0 Å². The first-order valence-electron chi connectivity index (χ1n) is 10.1. The first-order valence-corrected chi connectivity index (χ1v) is 10.1. The van der Waals surface area contributed by atoms with Crippen molar-refractivity contribution in [2.75, 3.05) is 19.6 Å². The summed E-state index contributed by atoms with van der Waals surface area (Å²) < 4.78 is 0.0842. The summed E-state index contributed by atoms with van der Waals surface area (Å²) >= 11 is 0. The molecular weight excluding hydrogens is 282 g/mol. The molecule has 0 spiro atoms. The molecular formula is C21H41NO. The summed E-state index contributed by atoms with van der Waals surface area (Å²) in [5.41, 5.74) is 0.473. The predicted molar refractivity (Wildman–Crippen MR) is 99.9 cm³/mol. The lowest BCUT2D eigenvalue weighted by molar-refractivity contribution is -0.895. The van der Waals surface area contributed by atoms with E-state index in [4.69, 9.17) is 0 Å². The molecule has 1 aliphatic heterocycles. The number of hydrogen-bond acceptors (Lipinski definition) is 1. The molecule has 2 aliphatic rings. The highest BCUT2D eigenvalue weighted by Gasteiger charge is 2.33. The topological polar surface area (TPSA) is 23.1 Å². The summed E-state index contributed by atoms with van der Waals surface area (Å²) in [7, 11) is 0. The normalized spacial score (nSPS) is 40.8. The highest BCUT2D eigenvalue weighted by atomic mass is 16.5. The molecule has 0 radical (unpaired) electrons. The van der Waals surface area contributed by atoms with Crippen molar-refractivity contribution in [3.05, 3.63) is 5.21 Å². The van der Waals surface area contributed by atoms with E-state index in [1.807, 2.05) is 0 Å². The second-order valence-electron chi connectivity index (χ2n) is 10.5. The monoisotopic (exact) mass is 323 g/mol. The molecule has 3 atom stereocenters. The van der Waals surface area contributed by atoms with E-state index in [9.17, 15) is 5.21 Å². The van der Waals surface area contributed by atoms with Crippen LogP contribution >= 0.6 is 0 Å². The van der Waals surface area contributed by atoms with E-state index in [2.05, 4.69) is 41.5 Å². The van der Waals surface area contributed by atoms with Crippen molar-refractivity contribution in [2.24, 2.45) is 35.0 Å². The molecule has 2 rings (SSSR count). The molecule has 1 saturated carbocycles. The smallest absolute Gasteiger partial charge is 0.0810 e. The third-order valence-electron chi connectivity index (χ3n) is 6.55. The number of likely N-dealkylation sites (tertiary alicyclic amines) is 1. The number of hydroxylamine groups is 3. The average molecular weight is 324 g/mol. The minimum atomic E-state index is 0.0842. The Morgan fingerprint density at radius 2 is 1.52 bits per heavy atom. The third-order valence-corrected chi connectivity index (χ3v) is 6.55. The molecule has 0 N–H and O–H groups in total. The van der Waals surface area contributed by atoms with E-state index < -0.39 is 0 Å². The van der Waals surface area contributed by atoms with Crippen LogP contribution in [0, 0.1) is 40.2 Å². The van der Waals surface area contributed by atoms with Gasteiger partial charge in [0.1, 0.15) is 0 Å². The summed E-state index contributed by atoms with van der Waals surface area (Å²) in [6, 6.07) is 0. The summed E-state index contributed by atoms with van der Waals surface area (Å²) in [6.07, 6.45) is 8.09. The molecule has 0 amide bonds. The molecule has 1 saturated heterocycles. The minimum absolute atomic E-state index is 0.0842. The van der Waals surface area contributed by atoms with Crippen LogP contribution < -0.4 is 0 Å². The maximum atomic E-state index is 13.1. The van der Waals surface area contributed by atoms with E-state index >= 15 is 0 Å². The lowest BCUT2D eigenvalue weighted by Crippen LogP contribution is -2.53. The third kappa shape index (κ3) is 5.74. The molecule has 0 aromatic carbocycles. The van der Waals surface area contributed by atoms with Gasteiger partial charge >= 0.3 is 0 Å². The van der Waals surface area contributed by atoms with Crippen molar-refractivity contribution in [2.45, 2.75) is 80.1 Å². The number of hydrogen-bond donors (Lipinski definition) is 0. The van der Waals surface area contributed by atoms with Gasteiger partial charge in [0, 0.05) is 17.8 Å². The number of rotatable bonds is 4. The van der Waals surface area contributed by atoms with Gasteiger partial charge in [0.2, 0.25) is 0 Å². The zero-order valence-electron chi connectivity index (χ0n) is 16.6. The van der Waals surface area contributed by atoms with Crippen LogP contribution in [0.2, 0.25) is 0 Å². The van der Waals surface area contributed by atoms with Crippen molar-refractivity contribution >= 4 is 0 Å². The van der Waals surface area contributed by atoms with Gasteiger partial charge in [-0.25, -0.2) is 0 Å². The molecule has 136 valence electrons. The quantitative estimate of drug-likeness (QED) is 0.469. The molecule has 3 unspecified atom stereocenters. The second-order valence-corrected chi connectivity index (χ2v) is 10.5.